The second kappa shape index (κ2) is 8.54. The Morgan fingerprint density at radius 2 is 1.84 bits per heavy atom. The number of halogens is 2. The highest BCUT2D eigenvalue weighted by Crippen LogP contribution is 2.35. The number of piperidine rings is 1. The number of nitrogens with zero attached hydrogens (tertiary/aromatic N) is 1. The number of carbonyl (C=O) groups excluding carboxylic acids is 2. The zero-order chi connectivity index (χ0) is 22.2. The van der Waals surface area contributed by atoms with E-state index in [9.17, 15) is 9.59 Å². The first-order valence-corrected chi connectivity index (χ1v) is 10.9. The summed E-state index contributed by atoms with van der Waals surface area (Å²) in [5, 5.41) is 11.1. The molecule has 2 aromatic carbocycles. The highest BCUT2D eigenvalue weighted by molar-refractivity contribution is 6.45. The first-order chi connectivity index (χ1) is 14.8. The summed E-state index contributed by atoms with van der Waals surface area (Å²) in [5.74, 6) is -0.315. The van der Waals surface area contributed by atoms with Gasteiger partial charge in [0.2, 0.25) is 5.91 Å². The van der Waals surface area contributed by atoms with Crippen LogP contribution in [0, 0.1) is 0 Å². The molecule has 3 aromatic rings. The molecule has 1 aliphatic rings. The van der Waals surface area contributed by atoms with Gasteiger partial charge in [-0.2, -0.15) is 0 Å². The van der Waals surface area contributed by atoms with Gasteiger partial charge in [0, 0.05) is 30.6 Å². The molecule has 1 aromatic heterocycles. The Balaban J connectivity index is 1.71. The van der Waals surface area contributed by atoms with Crippen molar-refractivity contribution in [2.45, 2.75) is 25.3 Å². The van der Waals surface area contributed by atoms with E-state index in [0.717, 1.165) is 42.4 Å². The van der Waals surface area contributed by atoms with Crippen molar-refractivity contribution in [2.24, 2.45) is 7.05 Å². The third-order valence-corrected chi connectivity index (χ3v) is 6.71. The van der Waals surface area contributed by atoms with Crippen LogP contribution in [0.15, 0.2) is 42.5 Å². The first kappa shape index (κ1) is 21.7. The number of rotatable bonds is 4. The Morgan fingerprint density at radius 1 is 1.10 bits per heavy atom. The maximum absolute atomic E-state index is 13.4. The predicted octanol–water partition coefficient (Wildman–Crippen LogP) is 4.45. The maximum atomic E-state index is 13.4. The molecule has 1 saturated heterocycles. The fourth-order valence-electron chi connectivity index (χ4n) is 4.29. The molecule has 0 spiro atoms. The van der Waals surface area contributed by atoms with Crippen LogP contribution >= 0.6 is 23.2 Å². The molecule has 0 aliphatic carbocycles. The van der Waals surface area contributed by atoms with Crippen LogP contribution in [0.1, 0.15) is 35.8 Å². The van der Waals surface area contributed by atoms with Gasteiger partial charge < -0.3 is 20.5 Å². The van der Waals surface area contributed by atoms with Crippen LogP contribution in [0.3, 0.4) is 0 Å². The van der Waals surface area contributed by atoms with Crippen LogP contribution < -0.4 is 16.0 Å². The number of fused-ring (bicyclic) bond motifs is 1. The highest BCUT2D eigenvalue weighted by Gasteiger charge is 2.36. The molecule has 0 bridgehead atoms. The molecule has 0 atom stereocenters. The van der Waals surface area contributed by atoms with Crippen LogP contribution in [-0.2, 0) is 17.4 Å². The number of aryl methyl sites for hydroxylation is 1. The SMILES string of the molecule is CC(=O)Nc1cccc(C2(NC(=O)c3cc4c(Cl)c(Cl)ccc4n3C)CCNCC2)c1. The Morgan fingerprint density at radius 3 is 2.55 bits per heavy atom. The minimum absolute atomic E-state index is 0.133. The lowest BCUT2D eigenvalue weighted by Gasteiger charge is -2.39. The number of hydrogen-bond acceptors (Lipinski definition) is 3. The van der Waals surface area contributed by atoms with E-state index in [1.807, 2.05) is 41.9 Å². The van der Waals surface area contributed by atoms with Gasteiger partial charge in [0.15, 0.2) is 0 Å². The number of aromatic nitrogens is 1. The molecule has 2 amide bonds. The molecule has 31 heavy (non-hydrogen) atoms. The van der Waals surface area contributed by atoms with Gasteiger partial charge in [0.1, 0.15) is 5.69 Å². The average molecular weight is 459 g/mol. The van der Waals surface area contributed by atoms with Crippen molar-refractivity contribution < 1.29 is 9.59 Å². The van der Waals surface area contributed by atoms with Gasteiger partial charge in [-0.1, -0.05) is 35.3 Å². The summed E-state index contributed by atoms with van der Waals surface area (Å²) in [7, 11) is 1.84. The van der Waals surface area contributed by atoms with Crippen molar-refractivity contribution in [2.75, 3.05) is 18.4 Å². The van der Waals surface area contributed by atoms with E-state index < -0.39 is 5.54 Å². The molecule has 4 rings (SSSR count). The number of benzene rings is 2. The van der Waals surface area contributed by atoms with Gasteiger partial charge in [-0.3, -0.25) is 9.59 Å². The van der Waals surface area contributed by atoms with E-state index in [2.05, 4.69) is 16.0 Å². The van der Waals surface area contributed by atoms with Gasteiger partial charge in [0.05, 0.1) is 15.6 Å². The summed E-state index contributed by atoms with van der Waals surface area (Å²) in [4.78, 5) is 24.9. The fourth-order valence-corrected chi connectivity index (χ4v) is 4.66. The molecule has 0 radical (unpaired) electrons. The van der Waals surface area contributed by atoms with Crippen LogP contribution in [0.2, 0.25) is 10.0 Å². The number of amides is 2. The second-order valence-corrected chi connectivity index (χ2v) is 8.72. The largest absolute Gasteiger partial charge is 0.341 e. The van der Waals surface area contributed by atoms with Crippen LogP contribution in [0.4, 0.5) is 5.69 Å². The van der Waals surface area contributed by atoms with Crippen molar-refractivity contribution in [3.8, 4) is 0 Å². The fraction of sp³-hybridized carbons (Fsp3) is 0.304. The molecule has 3 N–H and O–H groups in total. The molecule has 1 aliphatic heterocycles. The van der Waals surface area contributed by atoms with Gasteiger partial charge in [0.25, 0.3) is 5.91 Å². The zero-order valence-electron chi connectivity index (χ0n) is 17.4. The number of hydrogen-bond donors (Lipinski definition) is 3. The molecule has 0 saturated carbocycles. The highest BCUT2D eigenvalue weighted by atomic mass is 35.5. The third-order valence-electron chi connectivity index (χ3n) is 5.89. The lowest BCUT2D eigenvalue weighted by atomic mass is 9.81. The summed E-state index contributed by atoms with van der Waals surface area (Å²) >= 11 is 12.5. The Hall–Kier alpha value is -2.54. The number of carbonyl (C=O) groups is 2. The van der Waals surface area contributed by atoms with Gasteiger partial charge >= 0.3 is 0 Å². The number of nitrogens with one attached hydrogen (secondary N) is 3. The number of anilines is 1. The van der Waals surface area contributed by atoms with E-state index in [4.69, 9.17) is 23.2 Å². The molecule has 8 heteroatoms. The first-order valence-electron chi connectivity index (χ1n) is 10.2. The normalized spacial score (nSPS) is 15.6. The quantitative estimate of drug-likeness (QED) is 0.540. The topological polar surface area (TPSA) is 75.2 Å². The second-order valence-electron chi connectivity index (χ2n) is 7.93. The summed E-state index contributed by atoms with van der Waals surface area (Å²) in [6.45, 7) is 3.04. The van der Waals surface area contributed by atoms with Crippen LogP contribution in [0.5, 0.6) is 0 Å². The van der Waals surface area contributed by atoms with Crippen LogP contribution in [-0.4, -0.2) is 29.5 Å². The third kappa shape index (κ3) is 4.15. The molecular weight excluding hydrogens is 435 g/mol. The van der Waals surface area contributed by atoms with E-state index in [-0.39, 0.29) is 11.8 Å². The Bertz CT molecular complexity index is 1170. The summed E-state index contributed by atoms with van der Waals surface area (Å²) in [5.41, 5.74) is 2.48. The molecule has 6 nitrogen and oxygen atoms in total. The lowest BCUT2D eigenvalue weighted by Crippen LogP contribution is -2.52. The van der Waals surface area contributed by atoms with Crippen molar-refractivity contribution in [3.63, 3.8) is 0 Å². The summed E-state index contributed by atoms with van der Waals surface area (Å²) in [6.07, 6.45) is 1.47. The van der Waals surface area contributed by atoms with E-state index >= 15 is 0 Å². The van der Waals surface area contributed by atoms with Crippen molar-refractivity contribution in [1.82, 2.24) is 15.2 Å². The van der Waals surface area contributed by atoms with Gasteiger partial charge in [-0.05, 0) is 61.8 Å². The molecule has 2 heterocycles. The maximum Gasteiger partial charge on any atom is 0.268 e. The standard InChI is InChI=1S/C23H24Cl2N4O2/c1-14(30)27-16-5-3-4-15(12-16)23(8-10-26-11-9-23)28-22(31)20-13-17-19(29(20)2)7-6-18(24)21(17)25/h3-7,12-13,26H,8-11H2,1-2H3,(H,27,30)(H,28,31). The molecule has 162 valence electrons. The van der Waals surface area contributed by atoms with E-state index in [0.29, 0.717) is 21.4 Å². The van der Waals surface area contributed by atoms with Crippen molar-refractivity contribution >= 4 is 51.6 Å². The van der Waals surface area contributed by atoms with Gasteiger partial charge in [-0.15, -0.1) is 0 Å². The predicted molar refractivity (Wildman–Crippen MR) is 125 cm³/mol. The van der Waals surface area contributed by atoms with Crippen molar-refractivity contribution in [1.29, 1.82) is 0 Å². The van der Waals surface area contributed by atoms with E-state index in [1.54, 1.807) is 12.1 Å². The summed E-state index contributed by atoms with van der Waals surface area (Å²) in [6, 6.07) is 13.0. The summed E-state index contributed by atoms with van der Waals surface area (Å²) < 4.78 is 1.83. The zero-order valence-corrected chi connectivity index (χ0v) is 18.9. The van der Waals surface area contributed by atoms with Crippen molar-refractivity contribution in [3.05, 3.63) is 63.8 Å². The van der Waals surface area contributed by atoms with E-state index in [1.165, 1.54) is 6.92 Å². The lowest BCUT2D eigenvalue weighted by molar-refractivity contribution is -0.114. The molecular formula is C23H24Cl2N4O2. The minimum atomic E-state index is -0.547. The van der Waals surface area contributed by atoms with Gasteiger partial charge in [-0.25, -0.2) is 0 Å². The smallest absolute Gasteiger partial charge is 0.268 e. The molecule has 1 fully saturated rings. The monoisotopic (exact) mass is 458 g/mol. The Kier molecular flexibility index (Phi) is 5.97. The minimum Gasteiger partial charge on any atom is -0.341 e. The average Bonchev–Trinajstić information content (AvgIpc) is 3.08. The molecule has 0 unspecified atom stereocenters. The Labute approximate surface area is 190 Å². The van der Waals surface area contributed by atoms with Crippen LogP contribution in [0.25, 0.3) is 10.9 Å².